The van der Waals surface area contributed by atoms with Crippen molar-refractivity contribution < 1.29 is 0 Å². The van der Waals surface area contributed by atoms with E-state index in [9.17, 15) is 0 Å². The number of thiophene rings is 1. The second-order valence-electron chi connectivity index (χ2n) is 3.80. The average Bonchev–Trinajstić information content (AvgIpc) is 2.88. The van der Waals surface area contributed by atoms with E-state index >= 15 is 0 Å². The zero-order valence-corrected chi connectivity index (χ0v) is 12.7. The van der Waals surface area contributed by atoms with Gasteiger partial charge in [-0.2, -0.15) is 0 Å². The molecule has 1 atom stereocenters. The molecule has 96 valence electrons. The first kappa shape index (κ1) is 13.3. The van der Waals surface area contributed by atoms with E-state index in [2.05, 4.69) is 61.0 Å². The minimum absolute atomic E-state index is 0.227. The molecule has 2 N–H and O–H groups in total. The predicted molar refractivity (Wildman–Crippen MR) is 80.3 cm³/mol. The summed E-state index contributed by atoms with van der Waals surface area (Å²) >= 11 is 5.26. The molecule has 0 saturated heterocycles. The molecule has 0 aliphatic heterocycles. The van der Waals surface area contributed by atoms with Crippen LogP contribution < -0.4 is 10.6 Å². The van der Waals surface area contributed by atoms with E-state index in [-0.39, 0.29) is 6.04 Å². The lowest BCUT2D eigenvalue weighted by atomic mass is 10.3. The summed E-state index contributed by atoms with van der Waals surface area (Å²) in [6.45, 7) is 4.98. The molecular weight excluding hydrogens is 312 g/mol. The van der Waals surface area contributed by atoms with Gasteiger partial charge in [0.15, 0.2) is 0 Å². The van der Waals surface area contributed by atoms with Gasteiger partial charge in [0.2, 0.25) is 0 Å². The van der Waals surface area contributed by atoms with Crippen LogP contribution in [-0.2, 0) is 0 Å². The summed E-state index contributed by atoms with van der Waals surface area (Å²) in [5.74, 6) is 1.62. The highest BCUT2D eigenvalue weighted by atomic mass is 79.9. The second kappa shape index (κ2) is 6.15. The van der Waals surface area contributed by atoms with E-state index in [0.717, 1.165) is 22.7 Å². The van der Waals surface area contributed by atoms with Crippen LogP contribution in [0.3, 0.4) is 0 Å². The number of nitrogens with one attached hydrogen (secondary N) is 2. The Kier molecular flexibility index (Phi) is 4.54. The van der Waals surface area contributed by atoms with Crippen molar-refractivity contribution in [2.75, 3.05) is 17.2 Å². The number of hydrogen-bond acceptors (Lipinski definition) is 5. The Hall–Kier alpha value is -1.14. The van der Waals surface area contributed by atoms with Crippen molar-refractivity contribution in [1.29, 1.82) is 0 Å². The SMILES string of the molecule is CCNc1ncnc(NC(C)c2cccs2)c1Br. The summed E-state index contributed by atoms with van der Waals surface area (Å²) < 4.78 is 0.871. The molecule has 0 spiro atoms. The normalized spacial score (nSPS) is 12.2. The van der Waals surface area contributed by atoms with Crippen molar-refractivity contribution in [1.82, 2.24) is 9.97 Å². The molecule has 0 aromatic carbocycles. The molecule has 6 heteroatoms. The minimum atomic E-state index is 0.227. The van der Waals surface area contributed by atoms with Crippen LogP contribution in [-0.4, -0.2) is 16.5 Å². The molecule has 2 aromatic heterocycles. The molecule has 2 aromatic rings. The first-order chi connectivity index (χ1) is 8.72. The molecular formula is C12H15BrN4S. The maximum Gasteiger partial charge on any atom is 0.146 e. The smallest absolute Gasteiger partial charge is 0.146 e. The summed E-state index contributed by atoms with van der Waals surface area (Å²) in [5, 5.41) is 8.65. The number of anilines is 2. The fourth-order valence-electron chi connectivity index (χ4n) is 1.58. The second-order valence-corrected chi connectivity index (χ2v) is 5.57. The predicted octanol–water partition coefficient (Wildman–Crippen LogP) is 3.91. The Morgan fingerprint density at radius 3 is 2.83 bits per heavy atom. The minimum Gasteiger partial charge on any atom is -0.369 e. The maximum absolute atomic E-state index is 4.27. The van der Waals surface area contributed by atoms with Crippen molar-refractivity contribution >= 4 is 38.9 Å². The van der Waals surface area contributed by atoms with E-state index in [1.165, 1.54) is 4.88 Å². The van der Waals surface area contributed by atoms with Gasteiger partial charge < -0.3 is 10.6 Å². The molecule has 4 nitrogen and oxygen atoms in total. The van der Waals surface area contributed by atoms with Crippen LogP contribution >= 0.6 is 27.3 Å². The number of hydrogen-bond donors (Lipinski definition) is 2. The van der Waals surface area contributed by atoms with Gasteiger partial charge in [-0.15, -0.1) is 11.3 Å². The first-order valence-corrected chi connectivity index (χ1v) is 7.44. The fourth-order valence-corrected chi connectivity index (χ4v) is 2.77. The topological polar surface area (TPSA) is 49.8 Å². The summed E-state index contributed by atoms with van der Waals surface area (Å²) in [4.78, 5) is 9.74. The van der Waals surface area contributed by atoms with Gasteiger partial charge in [-0.1, -0.05) is 6.07 Å². The largest absolute Gasteiger partial charge is 0.369 e. The van der Waals surface area contributed by atoms with Crippen LogP contribution in [0.4, 0.5) is 11.6 Å². The standard InChI is InChI=1S/C12H15BrN4S/c1-3-14-11-10(13)12(16-7-15-11)17-8(2)9-5-4-6-18-9/h4-8H,3H2,1-2H3,(H2,14,15,16,17). The number of halogens is 1. The molecule has 2 heterocycles. The Morgan fingerprint density at radius 2 is 2.17 bits per heavy atom. The molecule has 0 aliphatic carbocycles. The van der Waals surface area contributed by atoms with Crippen LogP contribution in [0.2, 0.25) is 0 Å². The van der Waals surface area contributed by atoms with Gasteiger partial charge in [-0.05, 0) is 41.2 Å². The summed E-state index contributed by atoms with van der Waals surface area (Å²) in [6.07, 6.45) is 1.56. The van der Waals surface area contributed by atoms with Crippen LogP contribution in [0.5, 0.6) is 0 Å². The highest BCUT2D eigenvalue weighted by Crippen LogP contribution is 2.30. The van der Waals surface area contributed by atoms with Gasteiger partial charge in [0.25, 0.3) is 0 Å². The van der Waals surface area contributed by atoms with Crippen molar-refractivity contribution in [2.24, 2.45) is 0 Å². The summed E-state index contributed by atoms with van der Waals surface area (Å²) in [6, 6.07) is 4.39. The number of nitrogens with zero attached hydrogens (tertiary/aromatic N) is 2. The molecule has 0 saturated carbocycles. The summed E-state index contributed by atoms with van der Waals surface area (Å²) in [7, 11) is 0. The average molecular weight is 327 g/mol. The van der Waals surface area contributed by atoms with E-state index in [1.54, 1.807) is 17.7 Å². The van der Waals surface area contributed by atoms with Gasteiger partial charge in [-0.25, -0.2) is 9.97 Å². The highest BCUT2D eigenvalue weighted by molar-refractivity contribution is 9.10. The first-order valence-electron chi connectivity index (χ1n) is 5.76. The Balaban J connectivity index is 2.16. The van der Waals surface area contributed by atoms with Gasteiger partial charge in [0.05, 0.1) is 6.04 Å². The summed E-state index contributed by atoms with van der Waals surface area (Å²) in [5.41, 5.74) is 0. The van der Waals surface area contributed by atoms with Crippen molar-refractivity contribution in [3.8, 4) is 0 Å². The van der Waals surface area contributed by atoms with E-state index < -0.39 is 0 Å². The zero-order valence-electron chi connectivity index (χ0n) is 10.3. The van der Waals surface area contributed by atoms with Crippen LogP contribution in [0.15, 0.2) is 28.3 Å². The lowest BCUT2D eigenvalue weighted by Crippen LogP contribution is -2.09. The number of aromatic nitrogens is 2. The van der Waals surface area contributed by atoms with E-state index in [1.807, 2.05) is 6.92 Å². The highest BCUT2D eigenvalue weighted by Gasteiger charge is 2.12. The van der Waals surface area contributed by atoms with Crippen molar-refractivity contribution in [3.05, 3.63) is 33.2 Å². The van der Waals surface area contributed by atoms with Crippen LogP contribution in [0.1, 0.15) is 24.8 Å². The monoisotopic (exact) mass is 326 g/mol. The number of rotatable bonds is 5. The van der Waals surface area contributed by atoms with Gasteiger partial charge in [0.1, 0.15) is 22.4 Å². The van der Waals surface area contributed by atoms with Gasteiger partial charge in [-0.3, -0.25) is 0 Å². The molecule has 18 heavy (non-hydrogen) atoms. The third-order valence-electron chi connectivity index (χ3n) is 2.46. The molecule has 0 aliphatic rings. The Labute approximate surface area is 119 Å². The van der Waals surface area contributed by atoms with Crippen molar-refractivity contribution in [3.63, 3.8) is 0 Å². The molecule has 1 unspecified atom stereocenters. The molecule has 2 rings (SSSR count). The van der Waals surface area contributed by atoms with Crippen LogP contribution in [0.25, 0.3) is 0 Å². The molecule has 0 amide bonds. The van der Waals surface area contributed by atoms with E-state index in [0.29, 0.717) is 0 Å². The quantitative estimate of drug-likeness (QED) is 0.874. The fraction of sp³-hybridized carbons (Fsp3) is 0.333. The van der Waals surface area contributed by atoms with Crippen molar-refractivity contribution in [2.45, 2.75) is 19.9 Å². The maximum atomic E-state index is 4.27. The van der Waals surface area contributed by atoms with Gasteiger partial charge >= 0.3 is 0 Å². The molecule has 0 radical (unpaired) electrons. The van der Waals surface area contributed by atoms with E-state index in [4.69, 9.17) is 0 Å². The Bertz CT molecular complexity index is 501. The molecule has 0 fully saturated rings. The van der Waals surface area contributed by atoms with Gasteiger partial charge in [0, 0.05) is 11.4 Å². The Morgan fingerprint density at radius 1 is 1.39 bits per heavy atom. The lowest BCUT2D eigenvalue weighted by Gasteiger charge is -2.15. The van der Waals surface area contributed by atoms with Crippen LogP contribution in [0, 0.1) is 0 Å². The molecule has 0 bridgehead atoms. The zero-order chi connectivity index (χ0) is 13.0. The third-order valence-corrected chi connectivity index (χ3v) is 4.26. The lowest BCUT2D eigenvalue weighted by molar-refractivity contribution is 0.890. The third kappa shape index (κ3) is 3.00.